The Morgan fingerprint density at radius 1 is 1.05 bits per heavy atom. The molecule has 1 aliphatic heterocycles. The van der Waals surface area contributed by atoms with E-state index in [-0.39, 0.29) is 0 Å². The number of rotatable bonds is 3. The molecule has 0 radical (unpaired) electrons. The topological polar surface area (TPSA) is 38.7 Å². The number of benzene rings is 2. The summed E-state index contributed by atoms with van der Waals surface area (Å²) in [6.07, 6.45) is -0.564. The van der Waals surface area contributed by atoms with Crippen molar-refractivity contribution in [3.63, 3.8) is 0 Å². The van der Waals surface area contributed by atoms with Crippen LogP contribution in [0.15, 0.2) is 46.2 Å². The predicted octanol–water partition coefficient (Wildman–Crippen LogP) is 4.32. The number of hydrogen-bond acceptors (Lipinski definition) is 4. The van der Waals surface area contributed by atoms with Gasteiger partial charge in [0.25, 0.3) is 0 Å². The molecule has 3 nitrogen and oxygen atoms in total. The van der Waals surface area contributed by atoms with E-state index >= 15 is 0 Å². The van der Waals surface area contributed by atoms with Crippen molar-refractivity contribution in [3.05, 3.63) is 47.0 Å². The summed E-state index contributed by atoms with van der Waals surface area (Å²) in [5, 5.41) is 10.2. The van der Waals surface area contributed by atoms with Crippen molar-refractivity contribution in [1.82, 2.24) is 0 Å². The standard InChI is InChI=1S/C16H15ClO3S/c1-10(18)13-4-2-11(8-14(13)17)21-12-3-5-15-16(9-12)20-7-6-19-15/h2-5,8-10,18H,6-7H2,1H3. The molecule has 0 aliphatic carbocycles. The second kappa shape index (κ2) is 6.18. The zero-order valence-corrected chi connectivity index (χ0v) is 13.1. The van der Waals surface area contributed by atoms with Crippen LogP contribution in [0, 0.1) is 0 Å². The first-order chi connectivity index (χ1) is 10.1. The smallest absolute Gasteiger partial charge is 0.162 e. The van der Waals surface area contributed by atoms with Gasteiger partial charge in [0, 0.05) is 14.8 Å². The highest BCUT2D eigenvalue weighted by Crippen LogP contribution is 2.38. The highest BCUT2D eigenvalue weighted by molar-refractivity contribution is 7.99. The lowest BCUT2D eigenvalue weighted by Crippen LogP contribution is -2.15. The van der Waals surface area contributed by atoms with Gasteiger partial charge in [-0.1, -0.05) is 29.4 Å². The first-order valence-corrected chi connectivity index (χ1v) is 7.88. The molecule has 1 heterocycles. The minimum atomic E-state index is -0.564. The fourth-order valence-corrected chi connectivity index (χ4v) is 3.42. The maximum absolute atomic E-state index is 9.60. The van der Waals surface area contributed by atoms with Gasteiger partial charge in [-0.25, -0.2) is 0 Å². The fraction of sp³-hybridized carbons (Fsp3) is 0.250. The van der Waals surface area contributed by atoms with Gasteiger partial charge in [-0.15, -0.1) is 0 Å². The van der Waals surface area contributed by atoms with Crippen molar-refractivity contribution in [2.45, 2.75) is 22.8 Å². The van der Waals surface area contributed by atoms with Gasteiger partial charge in [-0.3, -0.25) is 0 Å². The number of hydrogen-bond donors (Lipinski definition) is 1. The Morgan fingerprint density at radius 2 is 1.71 bits per heavy atom. The van der Waals surface area contributed by atoms with Gasteiger partial charge < -0.3 is 14.6 Å². The molecule has 0 aromatic heterocycles. The van der Waals surface area contributed by atoms with E-state index < -0.39 is 6.10 Å². The summed E-state index contributed by atoms with van der Waals surface area (Å²) in [4.78, 5) is 2.07. The molecule has 0 spiro atoms. The second-order valence-electron chi connectivity index (χ2n) is 4.77. The first-order valence-electron chi connectivity index (χ1n) is 6.68. The first kappa shape index (κ1) is 14.6. The van der Waals surface area contributed by atoms with Gasteiger partial charge in [0.15, 0.2) is 11.5 Å². The average Bonchev–Trinajstić information content (AvgIpc) is 2.47. The number of fused-ring (bicyclic) bond motifs is 1. The SMILES string of the molecule is CC(O)c1ccc(Sc2ccc3c(c2)OCCO3)cc1Cl. The Kier molecular flexibility index (Phi) is 4.29. The third kappa shape index (κ3) is 3.28. The molecule has 2 aromatic carbocycles. The summed E-state index contributed by atoms with van der Waals surface area (Å²) >= 11 is 7.78. The van der Waals surface area contributed by atoms with Gasteiger partial charge in [0.05, 0.1) is 6.10 Å². The molecule has 5 heteroatoms. The van der Waals surface area contributed by atoms with E-state index in [1.54, 1.807) is 18.7 Å². The molecule has 1 N–H and O–H groups in total. The Bertz CT molecular complexity index is 658. The van der Waals surface area contributed by atoms with E-state index in [0.29, 0.717) is 18.2 Å². The average molecular weight is 323 g/mol. The lowest BCUT2D eigenvalue weighted by Gasteiger charge is -2.18. The van der Waals surface area contributed by atoms with E-state index in [0.717, 1.165) is 26.9 Å². The van der Waals surface area contributed by atoms with E-state index in [2.05, 4.69) is 0 Å². The molecular formula is C16H15ClO3S. The monoisotopic (exact) mass is 322 g/mol. The van der Waals surface area contributed by atoms with Crippen LogP contribution in [0.2, 0.25) is 5.02 Å². The summed E-state index contributed by atoms with van der Waals surface area (Å²) in [5.74, 6) is 1.56. The van der Waals surface area contributed by atoms with Crippen molar-refractivity contribution < 1.29 is 14.6 Å². The van der Waals surface area contributed by atoms with Crippen LogP contribution in [0.4, 0.5) is 0 Å². The lowest BCUT2D eigenvalue weighted by molar-refractivity contribution is 0.171. The quantitative estimate of drug-likeness (QED) is 0.913. The Hall–Kier alpha value is -1.36. The van der Waals surface area contributed by atoms with Crippen molar-refractivity contribution >= 4 is 23.4 Å². The molecular weight excluding hydrogens is 308 g/mol. The maximum atomic E-state index is 9.60. The van der Waals surface area contributed by atoms with Crippen LogP contribution >= 0.6 is 23.4 Å². The molecule has 1 aliphatic rings. The van der Waals surface area contributed by atoms with Gasteiger partial charge in [0.2, 0.25) is 0 Å². The van der Waals surface area contributed by atoms with Gasteiger partial charge in [-0.2, -0.15) is 0 Å². The van der Waals surface area contributed by atoms with Crippen molar-refractivity contribution in [2.75, 3.05) is 13.2 Å². The fourth-order valence-electron chi connectivity index (χ4n) is 2.13. The van der Waals surface area contributed by atoms with E-state index in [9.17, 15) is 5.11 Å². The number of aliphatic hydroxyl groups is 1. The summed E-state index contributed by atoms with van der Waals surface area (Å²) in [6, 6.07) is 11.6. The van der Waals surface area contributed by atoms with Crippen LogP contribution < -0.4 is 9.47 Å². The molecule has 2 aromatic rings. The molecule has 0 saturated carbocycles. The zero-order valence-electron chi connectivity index (χ0n) is 11.5. The van der Waals surface area contributed by atoms with E-state index in [4.69, 9.17) is 21.1 Å². The van der Waals surface area contributed by atoms with Crippen LogP contribution in [-0.4, -0.2) is 18.3 Å². The van der Waals surface area contributed by atoms with Gasteiger partial charge in [-0.05, 0) is 42.8 Å². The van der Waals surface area contributed by atoms with Crippen molar-refractivity contribution in [3.8, 4) is 11.5 Å². The normalized spacial score (nSPS) is 14.8. The highest BCUT2D eigenvalue weighted by atomic mass is 35.5. The molecule has 1 unspecified atom stereocenters. The third-order valence-corrected chi connectivity index (χ3v) is 4.48. The van der Waals surface area contributed by atoms with Crippen LogP contribution in [0.3, 0.4) is 0 Å². The Morgan fingerprint density at radius 3 is 2.43 bits per heavy atom. The molecule has 0 saturated heterocycles. The molecule has 110 valence electrons. The number of ether oxygens (including phenoxy) is 2. The van der Waals surface area contributed by atoms with Gasteiger partial charge in [0.1, 0.15) is 13.2 Å². The minimum Gasteiger partial charge on any atom is -0.486 e. The van der Waals surface area contributed by atoms with Crippen molar-refractivity contribution in [2.24, 2.45) is 0 Å². The van der Waals surface area contributed by atoms with Crippen molar-refractivity contribution in [1.29, 1.82) is 0 Å². The lowest BCUT2D eigenvalue weighted by atomic mass is 10.1. The van der Waals surface area contributed by atoms with Crippen LogP contribution in [-0.2, 0) is 0 Å². The summed E-state index contributed by atoms with van der Waals surface area (Å²) < 4.78 is 11.1. The van der Waals surface area contributed by atoms with Crippen LogP contribution in [0.5, 0.6) is 11.5 Å². The Labute approximate surface area is 132 Å². The Balaban J connectivity index is 1.82. The summed E-state index contributed by atoms with van der Waals surface area (Å²) in [5.41, 5.74) is 0.739. The van der Waals surface area contributed by atoms with Crippen LogP contribution in [0.1, 0.15) is 18.6 Å². The highest BCUT2D eigenvalue weighted by Gasteiger charge is 2.13. The largest absolute Gasteiger partial charge is 0.486 e. The molecule has 3 rings (SSSR count). The molecule has 0 amide bonds. The third-order valence-electron chi connectivity index (χ3n) is 3.17. The van der Waals surface area contributed by atoms with E-state index in [1.807, 2.05) is 36.4 Å². The maximum Gasteiger partial charge on any atom is 0.162 e. The van der Waals surface area contributed by atoms with E-state index in [1.165, 1.54) is 0 Å². The minimum absolute atomic E-state index is 0.564. The summed E-state index contributed by atoms with van der Waals surface area (Å²) in [6.45, 7) is 2.88. The molecule has 1 atom stereocenters. The zero-order chi connectivity index (χ0) is 14.8. The predicted molar refractivity (Wildman–Crippen MR) is 83.6 cm³/mol. The molecule has 21 heavy (non-hydrogen) atoms. The number of aliphatic hydroxyl groups excluding tert-OH is 1. The van der Waals surface area contributed by atoms with Crippen LogP contribution in [0.25, 0.3) is 0 Å². The van der Waals surface area contributed by atoms with Gasteiger partial charge >= 0.3 is 0 Å². The summed E-state index contributed by atoms with van der Waals surface area (Å²) in [7, 11) is 0. The molecule has 0 fully saturated rings. The second-order valence-corrected chi connectivity index (χ2v) is 6.32. The number of halogens is 1. The molecule has 0 bridgehead atoms.